The monoisotopic (exact) mass is 327 g/mol. The number of amides is 1. The standard InChI is InChI=1S/C15H25N3O3S/c1-6-13(3)16-15(19)11-18(22(20,21)17(4)5)14-9-7-12(2)8-10-14/h7-10,13H,6,11H2,1-5H3,(H,16,19). The normalized spacial score (nSPS) is 13.0. The van der Waals surface area contributed by atoms with E-state index in [0.717, 1.165) is 20.6 Å². The van der Waals surface area contributed by atoms with Crippen molar-refractivity contribution in [2.45, 2.75) is 33.2 Å². The molecule has 1 atom stereocenters. The molecule has 1 rings (SSSR count). The minimum Gasteiger partial charge on any atom is -0.352 e. The van der Waals surface area contributed by atoms with Crippen molar-refractivity contribution in [3.63, 3.8) is 0 Å². The minimum atomic E-state index is -3.74. The van der Waals surface area contributed by atoms with Crippen LogP contribution in [0.5, 0.6) is 0 Å². The van der Waals surface area contributed by atoms with E-state index in [0.29, 0.717) is 5.69 Å². The summed E-state index contributed by atoms with van der Waals surface area (Å²) in [5.74, 6) is -0.319. The van der Waals surface area contributed by atoms with Crippen molar-refractivity contribution in [1.82, 2.24) is 9.62 Å². The summed E-state index contributed by atoms with van der Waals surface area (Å²) in [6.45, 7) is 5.52. The number of anilines is 1. The summed E-state index contributed by atoms with van der Waals surface area (Å²) in [5, 5.41) is 2.79. The van der Waals surface area contributed by atoms with Gasteiger partial charge in [-0.2, -0.15) is 12.7 Å². The second-order valence-electron chi connectivity index (χ2n) is 5.51. The zero-order valence-corrected chi connectivity index (χ0v) is 14.6. The summed E-state index contributed by atoms with van der Waals surface area (Å²) in [6.07, 6.45) is 0.788. The molecule has 0 aliphatic carbocycles. The van der Waals surface area contributed by atoms with Crippen molar-refractivity contribution in [2.24, 2.45) is 0 Å². The fraction of sp³-hybridized carbons (Fsp3) is 0.533. The topological polar surface area (TPSA) is 69.7 Å². The van der Waals surface area contributed by atoms with Crippen molar-refractivity contribution < 1.29 is 13.2 Å². The summed E-state index contributed by atoms with van der Waals surface area (Å²) in [7, 11) is -0.842. The molecule has 22 heavy (non-hydrogen) atoms. The Morgan fingerprint density at radius 2 is 1.77 bits per heavy atom. The van der Waals surface area contributed by atoms with Gasteiger partial charge >= 0.3 is 10.2 Å². The summed E-state index contributed by atoms with van der Waals surface area (Å²) in [6, 6.07) is 7.05. The Kier molecular flexibility index (Phi) is 6.37. The number of nitrogens with one attached hydrogen (secondary N) is 1. The molecular weight excluding hydrogens is 302 g/mol. The highest BCUT2D eigenvalue weighted by Crippen LogP contribution is 2.19. The summed E-state index contributed by atoms with van der Waals surface area (Å²) in [5.41, 5.74) is 1.49. The van der Waals surface area contributed by atoms with E-state index in [-0.39, 0.29) is 18.5 Å². The van der Waals surface area contributed by atoms with E-state index in [1.807, 2.05) is 32.9 Å². The molecule has 1 unspecified atom stereocenters. The highest BCUT2D eigenvalue weighted by molar-refractivity contribution is 7.90. The number of benzene rings is 1. The predicted molar refractivity (Wildman–Crippen MR) is 89.0 cm³/mol. The maximum Gasteiger partial charge on any atom is 0.304 e. The van der Waals surface area contributed by atoms with Crippen LogP contribution >= 0.6 is 0 Å². The Morgan fingerprint density at radius 1 is 1.23 bits per heavy atom. The maximum atomic E-state index is 12.5. The first-order chi connectivity index (χ1) is 10.2. The summed E-state index contributed by atoms with van der Waals surface area (Å²) < 4.78 is 27.2. The molecule has 0 saturated heterocycles. The van der Waals surface area contributed by atoms with Gasteiger partial charge in [-0.25, -0.2) is 4.31 Å². The Morgan fingerprint density at radius 3 is 2.23 bits per heavy atom. The molecule has 0 fully saturated rings. The number of carbonyl (C=O) groups is 1. The Balaban J connectivity index is 3.08. The third kappa shape index (κ3) is 4.71. The van der Waals surface area contributed by atoms with Crippen LogP contribution in [0.3, 0.4) is 0 Å². The summed E-state index contributed by atoms with van der Waals surface area (Å²) in [4.78, 5) is 12.1. The van der Waals surface area contributed by atoms with Crippen LogP contribution in [0, 0.1) is 6.92 Å². The smallest absolute Gasteiger partial charge is 0.304 e. The van der Waals surface area contributed by atoms with Gasteiger partial charge in [0, 0.05) is 20.1 Å². The second kappa shape index (κ2) is 7.60. The fourth-order valence-corrected chi connectivity index (χ4v) is 2.83. The molecule has 0 heterocycles. The van der Waals surface area contributed by atoms with Gasteiger partial charge in [-0.3, -0.25) is 4.79 Å². The van der Waals surface area contributed by atoms with Gasteiger partial charge in [-0.05, 0) is 32.4 Å². The van der Waals surface area contributed by atoms with Crippen LogP contribution in [0.4, 0.5) is 5.69 Å². The van der Waals surface area contributed by atoms with Gasteiger partial charge in [0.15, 0.2) is 0 Å². The highest BCUT2D eigenvalue weighted by Gasteiger charge is 2.27. The van der Waals surface area contributed by atoms with Gasteiger partial charge in [0.25, 0.3) is 0 Å². The molecule has 124 valence electrons. The van der Waals surface area contributed by atoms with Crippen molar-refractivity contribution in [1.29, 1.82) is 0 Å². The van der Waals surface area contributed by atoms with Gasteiger partial charge in [-0.1, -0.05) is 24.6 Å². The Bertz CT molecular complexity index is 597. The lowest BCUT2D eigenvalue weighted by atomic mass is 10.2. The number of rotatable bonds is 7. The van der Waals surface area contributed by atoms with Crippen molar-refractivity contribution in [3.05, 3.63) is 29.8 Å². The Labute approximate surface area is 133 Å². The molecule has 0 saturated carbocycles. The number of carbonyl (C=O) groups excluding carboxylic acids is 1. The predicted octanol–water partition coefficient (Wildman–Crippen LogP) is 1.52. The van der Waals surface area contributed by atoms with E-state index in [9.17, 15) is 13.2 Å². The average Bonchev–Trinajstić information content (AvgIpc) is 2.45. The van der Waals surface area contributed by atoms with Gasteiger partial charge in [0.05, 0.1) is 5.69 Å². The second-order valence-corrected chi connectivity index (χ2v) is 7.58. The number of nitrogens with zero attached hydrogens (tertiary/aromatic N) is 2. The fourth-order valence-electron chi connectivity index (χ4n) is 1.77. The van der Waals surface area contributed by atoms with Crippen LogP contribution in [0.2, 0.25) is 0 Å². The minimum absolute atomic E-state index is 0.00873. The van der Waals surface area contributed by atoms with E-state index in [4.69, 9.17) is 0 Å². The lowest BCUT2D eigenvalue weighted by Crippen LogP contribution is -2.47. The van der Waals surface area contributed by atoms with Crippen LogP contribution in [0.1, 0.15) is 25.8 Å². The van der Waals surface area contributed by atoms with Gasteiger partial charge in [-0.15, -0.1) is 0 Å². The molecule has 1 aromatic carbocycles. The first-order valence-corrected chi connectivity index (χ1v) is 8.64. The molecule has 1 amide bonds. The van der Waals surface area contributed by atoms with Crippen LogP contribution in [0.25, 0.3) is 0 Å². The maximum absolute atomic E-state index is 12.5. The van der Waals surface area contributed by atoms with E-state index in [1.54, 1.807) is 12.1 Å². The molecule has 0 aromatic heterocycles. The lowest BCUT2D eigenvalue weighted by molar-refractivity contribution is -0.120. The van der Waals surface area contributed by atoms with Gasteiger partial charge in [0.2, 0.25) is 5.91 Å². The SMILES string of the molecule is CCC(C)NC(=O)CN(c1ccc(C)cc1)S(=O)(=O)N(C)C. The first-order valence-electron chi connectivity index (χ1n) is 7.24. The molecule has 0 bridgehead atoms. The van der Waals surface area contributed by atoms with E-state index in [2.05, 4.69) is 5.32 Å². The van der Waals surface area contributed by atoms with Gasteiger partial charge in [0.1, 0.15) is 6.54 Å². The summed E-state index contributed by atoms with van der Waals surface area (Å²) >= 11 is 0. The molecule has 0 aliphatic rings. The number of hydrogen-bond acceptors (Lipinski definition) is 3. The molecule has 1 aromatic rings. The third-order valence-corrected chi connectivity index (χ3v) is 5.19. The van der Waals surface area contributed by atoms with Crippen LogP contribution in [-0.4, -0.2) is 45.3 Å². The highest BCUT2D eigenvalue weighted by atomic mass is 32.2. The molecule has 1 N–H and O–H groups in total. The van der Waals surface area contributed by atoms with Crippen LogP contribution < -0.4 is 9.62 Å². The molecular formula is C15H25N3O3S. The van der Waals surface area contributed by atoms with Gasteiger partial charge < -0.3 is 5.32 Å². The zero-order chi connectivity index (χ0) is 16.9. The number of aryl methyl sites for hydroxylation is 1. The molecule has 7 heteroatoms. The lowest BCUT2D eigenvalue weighted by Gasteiger charge is -2.27. The quantitative estimate of drug-likeness (QED) is 0.825. The molecule has 0 radical (unpaired) electrons. The van der Waals surface area contributed by atoms with Crippen molar-refractivity contribution in [3.8, 4) is 0 Å². The molecule has 0 aliphatic heterocycles. The number of hydrogen-bond donors (Lipinski definition) is 1. The zero-order valence-electron chi connectivity index (χ0n) is 13.8. The van der Waals surface area contributed by atoms with Crippen LogP contribution in [0.15, 0.2) is 24.3 Å². The molecule has 6 nitrogen and oxygen atoms in total. The van der Waals surface area contributed by atoms with E-state index >= 15 is 0 Å². The largest absolute Gasteiger partial charge is 0.352 e. The Hall–Kier alpha value is -1.60. The van der Waals surface area contributed by atoms with E-state index in [1.165, 1.54) is 14.1 Å². The molecule has 0 spiro atoms. The van der Waals surface area contributed by atoms with Crippen molar-refractivity contribution in [2.75, 3.05) is 24.9 Å². The van der Waals surface area contributed by atoms with Crippen molar-refractivity contribution >= 4 is 21.8 Å². The average molecular weight is 327 g/mol. The third-order valence-electron chi connectivity index (χ3n) is 3.37. The van der Waals surface area contributed by atoms with Crippen LogP contribution in [-0.2, 0) is 15.0 Å². The first kappa shape index (κ1) is 18.4. The van der Waals surface area contributed by atoms with E-state index < -0.39 is 10.2 Å².